The Morgan fingerprint density at radius 3 is 2.43 bits per heavy atom. The minimum atomic E-state index is -1.09. The first-order chi connectivity index (χ1) is 9.92. The summed E-state index contributed by atoms with van der Waals surface area (Å²) in [7, 11) is 0. The van der Waals surface area contributed by atoms with Crippen LogP contribution in [0.5, 0.6) is 0 Å². The van der Waals surface area contributed by atoms with E-state index in [-0.39, 0.29) is 12.3 Å². The van der Waals surface area contributed by atoms with Crippen molar-refractivity contribution in [1.29, 1.82) is 0 Å². The molecule has 1 rings (SSSR count). The van der Waals surface area contributed by atoms with Crippen LogP contribution in [0.2, 0.25) is 0 Å². The highest BCUT2D eigenvalue weighted by Crippen LogP contribution is 2.27. The molecule has 0 aliphatic carbocycles. The summed E-state index contributed by atoms with van der Waals surface area (Å²) in [6.07, 6.45) is 2.68. The number of ether oxygens (including phenoxy) is 2. The van der Waals surface area contributed by atoms with E-state index in [0.29, 0.717) is 29.2 Å². The topological polar surface area (TPSA) is 88.6 Å². The molecule has 1 aromatic rings. The Balaban J connectivity index is 3.23. The van der Waals surface area contributed by atoms with Crippen LogP contribution >= 0.6 is 0 Å². The lowest BCUT2D eigenvalue weighted by Gasteiger charge is -2.07. The molecular formula is C15H19NO5. The van der Waals surface area contributed by atoms with Crippen molar-refractivity contribution in [3.05, 3.63) is 35.2 Å². The molecular weight excluding hydrogens is 274 g/mol. The number of hydrogen-bond acceptors (Lipinski definition) is 4. The highest BCUT2D eigenvalue weighted by molar-refractivity contribution is 5.93. The molecule has 0 saturated heterocycles. The van der Waals surface area contributed by atoms with Gasteiger partial charge in [-0.25, -0.2) is 9.59 Å². The summed E-state index contributed by atoms with van der Waals surface area (Å²) in [5.74, 6) is -1.24. The number of rotatable bonds is 7. The van der Waals surface area contributed by atoms with Gasteiger partial charge in [0.15, 0.2) is 0 Å². The van der Waals surface area contributed by atoms with Gasteiger partial charge in [0.1, 0.15) is 11.5 Å². The van der Waals surface area contributed by atoms with Gasteiger partial charge >= 0.3 is 11.9 Å². The molecule has 1 heterocycles. The van der Waals surface area contributed by atoms with Gasteiger partial charge in [0.05, 0.1) is 18.9 Å². The maximum Gasteiger partial charge on any atom is 0.352 e. The maximum absolute atomic E-state index is 11.4. The first-order valence-electron chi connectivity index (χ1n) is 6.55. The largest absolute Gasteiger partial charge is 0.494 e. The summed E-state index contributed by atoms with van der Waals surface area (Å²) in [6.45, 7) is 9.63. The number of hydrogen-bond donors (Lipinski definition) is 2. The van der Waals surface area contributed by atoms with E-state index in [9.17, 15) is 9.59 Å². The van der Waals surface area contributed by atoms with E-state index in [1.165, 1.54) is 12.2 Å². The third-order valence-corrected chi connectivity index (χ3v) is 2.76. The summed E-state index contributed by atoms with van der Waals surface area (Å²) < 4.78 is 10.1. The van der Waals surface area contributed by atoms with Gasteiger partial charge in [-0.1, -0.05) is 6.58 Å². The molecule has 0 aliphatic rings. The second-order valence-electron chi connectivity index (χ2n) is 4.16. The molecule has 2 N–H and O–H groups in total. The van der Waals surface area contributed by atoms with E-state index in [2.05, 4.69) is 11.6 Å². The minimum Gasteiger partial charge on any atom is -0.494 e. The SMILES string of the molecule is C=C(OCC)c1c(/C=C/C(=O)OCC)[nH]c(C(=O)O)c1C. The number of aromatic amines is 1. The first-order valence-corrected chi connectivity index (χ1v) is 6.55. The number of carboxylic acid groups (broad SMARTS) is 1. The number of esters is 1. The quantitative estimate of drug-likeness (QED) is 0.458. The van der Waals surface area contributed by atoms with Gasteiger partial charge in [0.2, 0.25) is 0 Å². The molecule has 0 spiro atoms. The fourth-order valence-electron chi connectivity index (χ4n) is 1.90. The highest BCUT2D eigenvalue weighted by Gasteiger charge is 2.20. The average molecular weight is 293 g/mol. The van der Waals surface area contributed by atoms with Crippen LogP contribution in [0.15, 0.2) is 12.7 Å². The fraction of sp³-hybridized carbons (Fsp3) is 0.333. The van der Waals surface area contributed by atoms with Gasteiger partial charge < -0.3 is 19.6 Å². The molecule has 6 nitrogen and oxygen atoms in total. The molecule has 0 fully saturated rings. The number of carbonyl (C=O) groups excluding carboxylic acids is 1. The van der Waals surface area contributed by atoms with Gasteiger partial charge in [-0.15, -0.1) is 0 Å². The lowest BCUT2D eigenvalue weighted by Crippen LogP contribution is -1.99. The Bertz CT molecular complexity index is 583. The third kappa shape index (κ3) is 3.98. The summed E-state index contributed by atoms with van der Waals surface area (Å²) in [5, 5.41) is 9.16. The summed E-state index contributed by atoms with van der Waals surface area (Å²) in [6, 6.07) is 0. The summed E-state index contributed by atoms with van der Waals surface area (Å²) in [4.78, 5) is 25.3. The molecule has 0 unspecified atom stereocenters. The Labute approximate surface area is 123 Å². The van der Waals surface area contributed by atoms with E-state index < -0.39 is 11.9 Å². The second kappa shape index (κ2) is 7.33. The predicted octanol–water partition coefficient (Wildman–Crippen LogP) is 2.60. The number of nitrogens with one attached hydrogen (secondary N) is 1. The monoisotopic (exact) mass is 293 g/mol. The third-order valence-electron chi connectivity index (χ3n) is 2.76. The van der Waals surface area contributed by atoms with Crippen molar-refractivity contribution in [2.75, 3.05) is 13.2 Å². The Kier molecular flexibility index (Phi) is 5.78. The van der Waals surface area contributed by atoms with Gasteiger partial charge in [-0.05, 0) is 32.4 Å². The molecule has 0 saturated carbocycles. The van der Waals surface area contributed by atoms with Gasteiger partial charge in [-0.2, -0.15) is 0 Å². The molecule has 0 radical (unpaired) electrons. The standard InChI is InChI=1S/C15H19NO5/c1-5-20-10(4)13-9(3)14(15(18)19)16-11(13)7-8-12(17)21-6-2/h7-8,16H,4-6H2,1-3H3,(H,18,19)/b8-7+. The zero-order valence-corrected chi connectivity index (χ0v) is 12.4. The summed E-state index contributed by atoms with van der Waals surface area (Å²) >= 11 is 0. The highest BCUT2D eigenvalue weighted by atomic mass is 16.5. The van der Waals surface area contributed by atoms with Crippen LogP contribution in [0.25, 0.3) is 11.8 Å². The zero-order valence-electron chi connectivity index (χ0n) is 12.4. The Hall–Kier alpha value is -2.50. The van der Waals surface area contributed by atoms with Crippen molar-refractivity contribution in [2.45, 2.75) is 20.8 Å². The molecule has 21 heavy (non-hydrogen) atoms. The van der Waals surface area contributed by atoms with Gasteiger partial charge in [0, 0.05) is 11.6 Å². The zero-order chi connectivity index (χ0) is 16.0. The van der Waals surface area contributed by atoms with Crippen LogP contribution in [0.1, 0.15) is 41.2 Å². The number of carboxylic acids is 1. The van der Waals surface area contributed by atoms with Crippen LogP contribution in [-0.2, 0) is 14.3 Å². The lowest BCUT2D eigenvalue weighted by molar-refractivity contribution is -0.137. The maximum atomic E-state index is 11.4. The summed E-state index contributed by atoms with van der Waals surface area (Å²) in [5.41, 5.74) is 1.52. The number of aromatic nitrogens is 1. The molecule has 114 valence electrons. The van der Waals surface area contributed by atoms with Crippen molar-refractivity contribution < 1.29 is 24.2 Å². The predicted molar refractivity (Wildman–Crippen MR) is 78.8 cm³/mol. The van der Waals surface area contributed by atoms with E-state index >= 15 is 0 Å². The lowest BCUT2D eigenvalue weighted by atomic mass is 10.1. The van der Waals surface area contributed by atoms with Crippen molar-refractivity contribution >= 4 is 23.8 Å². The van der Waals surface area contributed by atoms with E-state index in [4.69, 9.17) is 14.6 Å². The smallest absolute Gasteiger partial charge is 0.352 e. The fourth-order valence-corrected chi connectivity index (χ4v) is 1.90. The second-order valence-corrected chi connectivity index (χ2v) is 4.16. The molecule has 0 bridgehead atoms. The van der Waals surface area contributed by atoms with Crippen molar-refractivity contribution in [3.63, 3.8) is 0 Å². The number of carbonyl (C=O) groups is 2. The number of aromatic carboxylic acids is 1. The van der Waals surface area contributed by atoms with E-state index in [1.54, 1.807) is 20.8 Å². The van der Waals surface area contributed by atoms with E-state index in [1.807, 2.05) is 0 Å². The molecule has 0 aromatic carbocycles. The molecule has 0 amide bonds. The molecule has 6 heteroatoms. The normalized spacial score (nSPS) is 10.6. The molecule has 0 aliphatic heterocycles. The Morgan fingerprint density at radius 1 is 1.29 bits per heavy atom. The van der Waals surface area contributed by atoms with Crippen LogP contribution < -0.4 is 0 Å². The van der Waals surface area contributed by atoms with Gasteiger partial charge in [-0.3, -0.25) is 0 Å². The van der Waals surface area contributed by atoms with Crippen LogP contribution in [0, 0.1) is 6.92 Å². The van der Waals surface area contributed by atoms with Crippen LogP contribution in [0.4, 0.5) is 0 Å². The average Bonchev–Trinajstić information content (AvgIpc) is 2.74. The molecule has 0 atom stereocenters. The van der Waals surface area contributed by atoms with Gasteiger partial charge in [0.25, 0.3) is 0 Å². The van der Waals surface area contributed by atoms with Crippen molar-refractivity contribution in [1.82, 2.24) is 4.98 Å². The van der Waals surface area contributed by atoms with Crippen molar-refractivity contribution in [3.8, 4) is 0 Å². The van der Waals surface area contributed by atoms with E-state index in [0.717, 1.165) is 0 Å². The first kappa shape index (κ1) is 16.6. The van der Waals surface area contributed by atoms with Crippen LogP contribution in [-0.4, -0.2) is 35.2 Å². The minimum absolute atomic E-state index is 0.0364. The molecule has 1 aromatic heterocycles. The van der Waals surface area contributed by atoms with Crippen molar-refractivity contribution in [2.24, 2.45) is 0 Å². The number of H-pyrrole nitrogens is 1. The Morgan fingerprint density at radius 2 is 1.90 bits per heavy atom. The van der Waals surface area contributed by atoms with Crippen LogP contribution in [0.3, 0.4) is 0 Å².